The molecule has 5 heteroatoms. The monoisotopic (exact) mass is 348 g/mol. The second-order valence-corrected chi connectivity index (χ2v) is 6.63. The van der Waals surface area contributed by atoms with Crippen LogP contribution < -0.4 is 5.32 Å². The Kier molecular flexibility index (Phi) is 4.21. The summed E-state index contributed by atoms with van der Waals surface area (Å²) in [6, 6.07) is 15.0. The molecule has 2 N–H and O–H groups in total. The third-order valence-electron chi connectivity index (χ3n) is 5.04. The number of nitrogens with one attached hydrogen (secondary N) is 2. The number of hydrogen-bond acceptors (Lipinski definition) is 3. The van der Waals surface area contributed by atoms with Gasteiger partial charge in [-0.1, -0.05) is 18.2 Å². The molecule has 1 unspecified atom stereocenters. The van der Waals surface area contributed by atoms with Crippen molar-refractivity contribution in [3.8, 4) is 0 Å². The Balaban J connectivity index is 1.48. The van der Waals surface area contributed by atoms with E-state index in [4.69, 9.17) is 0 Å². The maximum Gasteiger partial charge on any atom is 0.337 e. The van der Waals surface area contributed by atoms with E-state index < -0.39 is 0 Å². The molecule has 1 aliphatic rings. The fourth-order valence-electron chi connectivity index (χ4n) is 3.65. The molecule has 26 heavy (non-hydrogen) atoms. The third kappa shape index (κ3) is 2.96. The second-order valence-electron chi connectivity index (χ2n) is 6.63. The Morgan fingerprint density at radius 1 is 1.12 bits per heavy atom. The fourth-order valence-corrected chi connectivity index (χ4v) is 3.65. The molecule has 1 heterocycles. The maximum absolute atomic E-state index is 12.7. The molecular formula is C21H20N2O3. The molecule has 1 amide bonds. The zero-order valence-corrected chi connectivity index (χ0v) is 14.5. The molecule has 1 atom stereocenters. The van der Waals surface area contributed by atoms with Crippen LogP contribution in [0.5, 0.6) is 0 Å². The molecule has 2 aromatic carbocycles. The predicted octanol–water partition coefficient (Wildman–Crippen LogP) is 3.70. The van der Waals surface area contributed by atoms with Crippen molar-refractivity contribution in [3.63, 3.8) is 0 Å². The first-order valence-electron chi connectivity index (χ1n) is 8.73. The van der Waals surface area contributed by atoms with Crippen LogP contribution in [0.4, 0.5) is 5.69 Å². The third-order valence-corrected chi connectivity index (χ3v) is 5.04. The number of para-hydroxylation sites is 1. The molecule has 0 bridgehead atoms. The zero-order valence-electron chi connectivity index (χ0n) is 14.5. The van der Waals surface area contributed by atoms with Crippen molar-refractivity contribution >= 4 is 28.5 Å². The van der Waals surface area contributed by atoms with Crippen molar-refractivity contribution in [2.75, 3.05) is 12.4 Å². The van der Waals surface area contributed by atoms with E-state index in [1.54, 1.807) is 24.3 Å². The van der Waals surface area contributed by atoms with Gasteiger partial charge in [0.05, 0.1) is 12.7 Å². The Morgan fingerprint density at radius 3 is 2.65 bits per heavy atom. The molecule has 0 radical (unpaired) electrons. The van der Waals surface area contributed by atoms with Crippen molar-refractivity contribution < 1.29 is 14.3 Å². The quantitative estimate of drug-likeness (QED) is 0.709. The highest BCUT2D eigenvalue weighted by atomic mass is 16.5. The summed E-state index contributed by atoms with van der Waals surface area (Å²) in [4.78, 5) is 27.6. The summed E-state index contributed by atoms with van der Waals surface area (Å²) < 4.78 is 4.68. The Labute approximate surface area is 151 Å². The summed E-state index contributed by atoms with van der Waals surface area (Å²) in [6.07, 6.45) is 2.45. The average Bonchev–Trinajstić information content (AvgIpc) is 3.05. The van der Waals surface area contributed by atoms with E-state index in [0.717, 1.165) is 24.8 Å². The maximum atomic E-state index is 12.7. The second kappa shape index (κ2) is 6.67. The zero-order chi connectivity index (χ0) is 18.1. The van der Waals surface area contributed by atoms with Crippen LogP contribution in [-0.4, -0.2) is 24.0 Å². The average molecular weight is 348 g/mol. The molecule has 0 saturated carbocycles. The van der Waals surface area contributed by atoms with Crippen LogP contribution in [0.1, 0.15) is 28.0 Å². The topological polar surface area (TPSA) is 71.2 Å². The highest BCUT2D eigenvalue weighted by Crippen LogP contribution is 2.32. The Hall–Kier alpha value is -3.08. The molecule has 0 aliphatic heterocycles. The number of carbonyl (C=O) groups excluding carboxylic acids is 2. The van der Waals surface area contributed by atoms with Crippen LogP contribution in [0, 0.1) is 5.92 Å². The number of hydrogen-bond donors (Lipinski definition) is 2. The number of benzene rings is 2. The number of aromatic nitrogens is 1. The lowest BCUT2D eigenvalue weighted by Crippen LogP contribution is -2.28. The number of rotatable bonds is 3. The van der Waals surface area contributed by atoms with Crippen LogP contribution in [0.2, 0.25) is 0 Å². The lowest BCUT2D eigenvalue weighted by molar-refractivity contribution is -0.120. The fraction of sp³-hybridized carbons (Fsp3) is 0.238. The summed E-state index contributed by atoms with van der Waals surface area (Å²) in [5.74, 6) is -0.421. The molecule has 5 nitrogen and oxygen atoms in total. The standard InChI is InChI=1S/C21H20N2O3/c1-26-21(25)13-6-9-15(10-7-13)22-20(24)14-8-11-19-17(12-14)16-4-2-3-5-18(16)23-19/h2-7,9-10,14,23H,8,11-12H2,1H3,(H,22,24). The molecule has 0 saturated heterocycles. The number of aromatic amines is 1. The number of methoxy groups -OCH3 is 1. The number of anilines is 1. The van der Waals surface area contributed by atoms with E-state index in [9.17, 15) is 9.59 Å². The normalized spacial score (nSPS) is 16.1. The van der Waals surface area contributed by atoms with Gasteiger partial charge in [-0.05, 0) is 55.2 Å². The van der Waals surface area contributed by atoms with Gasteiger partial charge < -0.3 is 15.0 Å². The van der Waals surface area contributed by atoms with Crippen molar-refractivity contribution in [1.29, 1.82) is 0 Å². The predicted molar refractivity (Wildman–Crippen MR) is 100 cm³/mol. The lowest BCUT2D eigenvalue weighted by Gasteiger charge is -2.22. The van der Waals surface area contributed by atoms with Gasteiger partial charge in [0.1, 0.15) is 0 Å². The lowest BCUT2D eigenvalue weighted by atomic mass is 9.86. The van der Waals surface area contributed by atoms with E-state index >= 15 is 0 Å². The number of ether oxygens (including phenoxy) is 1. The van der Waals surface area contributed by atoms with Gasteiger partial charge in [0.15, 0.2) is 0 Å². The van der Waals surface area contributed by atoms with Crippen molar-refractivity contribution in [2.45, 2.75) is 19.3 Å². The van der Waals surface area contributed by atoms with Crippen LogP contribution >= 0.6 is 0 Å². The van der Waals surface area contributed by atoms with Gasteiger partial charge in [-0.3, -0.25) is 4.79 Å². The summed E-state index contributed by atoms with van der Waals surface area (Å²) in [7, 11) is 1.35. The number of carbonyl (C=O) groups is 2. The SMILES string of the molecule is COC(=O)c1ccc(NC(=O)C2CCc3[nH]c4ccccc4c3C2)cc1. The molecule has 4 rings (SSSR count). The van der Waals surface area contributed by atoms with E-state index in [1.807, 2.05) is 12.1 Å². The van der Waals surface area contributed by atoms with Gasteiger partial charge in [0.2, 0.25) is 5.91 Å². The van der Waals surface area contributed by atoms with E-state index in [0.29, 0.717) is 11.3 Å². The van der Waals surface area contributed by atoms with Gasteiger partial charge >= 0.3 is 5.97 Å². The molecule has 3 aromatic rings. The van der Waals surface area contributed by atoms with Crippen molar-refractivity contribution in [2.24, 2.45) is 5.92 Å². The summed E-state index contributed by atoms with van der Waals surface area (Å²) >= 11 is 0. The van der Waals surface area contributed by atoms with E-state index in [-0.39, 0.29) is 17.8 Å². The number of aryl methyl sites for hydroxylation is 1. The van der Waals surface area contributed by atoms with Crippen molar-refractivity contribution in [1.82, 2.24) is 4.98 Å². The van der Waals surface area contributed by atoms with Gasteiger partial charge in [-0.25, -0.2) is 4.79 Å². The minimum Gasteiger partial charge on any atom is -0.465 e. The summed E-state index contributed by atoms with van der Waals surface area (Å²) in [6.45, 7) is 0. The van der Waals surface area contributed by atoms with E-state index in [2.05, 4.69) is 27.2 Å². The Morgan fingerprint density at radius 2 is 1.88 bits per heavy atom. The van der Waals surface area contributed by atoms with E-state index in [1.165, 1.54) is 23.8 Å². The minimum atomic E-state index is -0.387. The largest absolute Gasteiger partial charge is 0.465 e. The Bertz CT molecular complexity index is 973. The minimum absolute atomic E-state index is 0.0201. The highest BCUT2D eigenvalue weighted by Gasteiger charge is 2.27. The summed E-state index contributed by atoms with van der Waals surface area (Å²) in [5.41, 5.74) is 4.79. The molecule has 132 valence electrons. The molecular weight excluding hydrogens is 328 g/mol. The number of amides is 1. The van der Waals surface area contributed by atoms with Crippen molar-refractivity contribution in [3.05, 3.63) is 65.4 Å². The molecule has 0 fully saturated rings. The van der Waals surface area contributed by atoms with Gasteiger partial charge in [-0.2, -0.15) is 0 Å². The first-order valence-corrected chi connectivity index (χ1v) is 8.73. The first kappa shape index (κ1) is 16.4. The number of fused-ring (bicyclic) bond motifs is 3. The van der Waals surface area contributed by atoms with Crippen LogP contribution in [0.15, 0.2) is 48.5 Å². The molecule has 1 aromatic heterocycles. The first-order chi connectivity index (χ1) is 12.7. The van der Waals surface area contributed by atoms with Crippen LogP contribution in [-0.2, 0) is 22.4 Å². The number of H-pyrrole nitrogens is 1. The van der Waals surface area contributed by atoms with Gasteiger partial charge in [0, 0.05) is 28.2 Å². The van der Waals surface area contributed by atoms with Crippen LogP contribution in [0.25, 0.3) is 10.9 Å². The number of esters is 1. The van der Waals surface area contributed by atoms with Gasteiger partial charge in [-0.15, -0.1) is 0 Å². The summed E-state index contributed by atoms with van der Waals surface area (Å²) in [5, 5.41) is 4.18. The molecule has 0 spiro atoms. The van der Waals surface area contributed by atoms with Crippen LogP contribution in [0.3, 0.4) is 0 Å². The molecule has 1 aliphatic carbocycles. The highest BCUT2D eigenvalue weighted by molar-refractivity contribution is 5.95. The van der Waals surface area contributed by atoms with Gasteiger partial charge in [0.25, 0.3) is 0 Å². The smallest absolute Gasteiger partial charge is 0.337 e.